The molecule has 0 bridgehead atoms. The number of fused-ring (bicyclic) bond motifs is 1. The summed E-state index contributed by atoms with van der Waals surface area (Å²) in [7, 11) is 1.66. The summed E-state index contributed by atoms with van der Waals surface area (Å²) < 4.78 is 5.21. The molecule has 0 radical (unpaired) electrons. The molecule has 8 nitrogen and oxygen atoms in total. The fourth-order valence-corrected chi connectivity index (χ4v) is 2.59. The summed E-state index contributed by atoms with van der Waals surface area (Å²) in [6.07, 6.45) is 4.89. The van der Waals surface area contributed by atoms with Gasteiger partial charge in [0.05, 0.1) is 7.11 Å². The number of aromatic nitrogens is 1. The lowest BCUT2D eigenvalue weighted by Gasteiger charge is -2.03. The molecule has 1 aromatic carbocycles. The molecule has 2 rings (SSSR count). The minimum atomic E-state index is -0.819. The van der Waals surface area contributed by atoms with Crippen LogP contribution in [0.1, 0.15) is 44.6 Å². The third-order valence-electron chi connectivity index (χ3n) is 4.02. The van der Waals surface area contributed by atoms with Gasteiger partial charge in [0.15, 0.2) is 0 Å². The predicted molar refractivity (Wildman–Crippen MR) is 106 cm³/mol. The van der Waals surface area contributed by atoms with Crippen LogP contribution < -0.4 is 10.1 Å². The van der Waals surface area contributed by atoms with Gasteiger partial charge >= 0.3 is 11.9 Å². The maximum atomic E-state index is 10.8. The van der Waals surface area contributed by atoms with Crippen LogP contribution in [0, 0.1) is 0 Å². The lowest BCUT2D eigenvalue weighted by atomic mass is 10.1. The topological polar surface area (TPSA) is 129 Å². The van der Waals surface area contributed by atoms with Crippen molar-refractivity contribution >= 4 is 28.7 Å². The van der Waals surface area contributed by atoms with E-state index < -0.39 is 11.9 Å². The molecule has 8 heteroatoms. The number of methoxy groups -OCH3 is 1. The van der Waals surface area contributed by atoms with Crippen molar-refractivity contribution in [3.05, 3.63) is 30.0 Å². The number of ether oxygens (including phenoxy) is 1. The van der Waals surface area contributed by atoms with E-state index in [2.05, 4.69) is 10.3 Å². The molecule has 1 heterocycles. The highest BCUT2D eigenvalue weighted by atomic mass is 16.5. The van der Waals surface area contributed by atoms with Gasteiger partial charge in [-0.15, -0.1) is 0 Å². The van der Waals surface area contributed by atoms with E-state index in [4.69, 9.17) is 14.9 Å². The first kappa shape index (κ1) is 23.0. The fourth-order valence-electron chi connectivity index (χ4n) is 2.59. The van der Waals surface area contributed by atoms with Gasteiger partial charge in [-0.2, -0.15) is 0 Å². The molecule has 0 atom stereocenters. The number of aromatic amines is 1. The van der Waals surface area contributed by atoms with Crippen molar-refractivity contribution in [1.82, 2.24) is 10.3 Å². The monoisotopic (exact) mass is 392 g/mol. The zero-order valence-corrected chi connectivity index (χ0v) is 16.3. The number of nitrogens with one attached hydrogen (secondary N) is 2. The van der Waals surface area contributed by atoms with Gasteiger partial charge in [0.1, 0.15) is 5.75 Å². The Labute approximate surface area is 163 Å². The molecular weight excluding hydrogens is 364 g/mol. The van der Waals surface area contributed by atoms with E-state index in [0.29, 0.717) is 25.8 Å². The van der Waals surface area contributed by atoms with E-state index in [-0.39, 0.29) is 18.7 Å². The van der Waals surface area contributed by atoms with Crippen LogP contribution in [0.25, 0.3) is 10.9 Å². The van der Waals surface area contributed by atoms with Crippen molar-refractivity contribution in [3.63, 3.8) is 0 Å². The lowest BCUT2D eigenvalue weighted by molar-refractivity contribution is -0.137. The Morgan fingerprint density at radius 2 is 1.71 bits per heavy atom. The molecule has 1 amide bonds. The average molecular weight is 392 g/mol. The van der Waals surface area contributed by atoms with E-state index in [1.165, 1.54) is 12.5 Å². The number of hydrogen-bond acceptors (Lipinski definition) is 4. The molecule has 0 aliphatic carbocycles. The van der Waals surface area contributed by atoms with Crippen molar-refractivity contribution in [2.45, 2.75) is 45.4 Å². The highest BCUT2D eigenvalue weighted by Gasteiger charge is 2.05. The third kappa shape index (κ3) is 9.07. The predicted octanol–water partition coefficient (Wildman–Crippen LogP) is 2.96. The Balaban J connectivity index is 0.000000311. The van der Waals surface area contributed by atoms with Gasteiger partial charge in [-0.05, 0) is 43.0 Å². The molecule has 0 saturated carbocycles. The summed E-state index contributed by atoms with van der Waals surface area (Å²) >= 11 is 0. The van der Waals surface area contributed by atoms with Crippen LogP contribution in [-0.2, 0) is 20.8 Å². The van der Waals surface area contributed by atoms with Gasteiger partial charge in [-0.1, -0.05) is 6.42 Å². The summed E-state index contributed by atoms with van der Waals surface area (Å²) in [5.41, 5.74) is 2.27. The molecule has 0 unspecified atom stereocenters. The molecular formula is C20H28N2O6. The number of amides is 1. The van der Waals surface area contributed by atoms with E-state index in [9.17, 15) is 14.4 Å². The first-order valence-corrected chi connectivity index (χ1v) is 9.15. The van der Waals surface area contributed by atoms with E-state index in [1.807, 2.05) is 24.4 Å². The quantitative estimate of drug-likeness (QED) is 0.460. The maximum absolute atomic E-state index is 10.8. The molecule has 154 valence electrons. The van der Waals surface area contributed by atoms with Gasteiger partial charge in [0.25, 0.3) is 0 Å². The van der Waals surface area contributed by atoms with Crippen molar-refractivity contribution < 1.29 is 29.3 Å². The Kier molecular flexibility index (Phi) is 10.2. The van der Waals surface area contributed by atoms with Gasteiger partial charge in [-0.3, -0.25) is 14.4 Å². The first-order chi connectivity index (χ1) is 13.3. The first-order valence-electron chi connectivity index (χ1n) is 9.15. The van der Waals surface area contributed by atoms with E-state index in [0.717, 1.165) is 23.1 Å². The van der Waals surface area contributed by atoms with Crippen LogP contribution in [-0.4, -0.2) is 46.7 Å². The van der Waals surface area contributed by atoms with Crippen LogP contribution >= 0.6 is 0 Å². The second-order valence-electron chi connectivity index (χ2n) is 6.31. The molecule has 2 aromatic rings. The van der Waals surface area contributed by atoms with Crippen LogP contribution in [0.15, 0.2) is 24.4 Å². The molecule has 0 saturated heterocycles. The van der Waals surface area contributed by atoms with Crippen LogP contribution in [0.5, 0.6) is 5.75 Å². The highest BCUT2D eigenvalue weighted by molar-refractivity contribution is 5.84. The van der Waals surface area contributed by atoms with Gasteiger partial charge in [0, 0.05) is 43.4 Å². The Hall–Kier alpha value is -3.03. The number of carboxylic acids is 2. The van der Waals surface area contributed by atoms with Crippen molar-refractivity contribution in [1.29, 1.82) is 0 Å². The second-order valence-corrected chi connectivity index (χ2v) is 6.31. The summed E-state index contributed by atoms with van der Waals surface area (Å²) in [5, 5.41) is 20.4. The minimum absolute atomic E-state index is 0.00224. The van der Waals surface area contributed by atoms with E-state index in [1.54, 1.807) is 7.11 Å². The van der Waals surface area contributed by atoms with Gasteiger partial charge in [-0.25, -0.2) is 0 Å². The molecule has 28 heavy (non-hydrogen) atoms. The summed E-state index contributed by atoms with van der Waals surface area (Å²) in [6, 6.07) is 5.93. The third-order valence-corrected chi connectivity index (χ3v) is 4.02. The van der Waals surface area contributed by atoms with E-state index >= 15 is 0 Å². The highest BCUT2D eigenvalue weighted by Crippen LogP contribution is 2.23. The number of rotatable bonds is 10. The van der Waals surface area contributed by atoms with Gasteiger partial charge < -0.3 is 25.3 Å². The largest absolute Gasteiger partial charge is 0.497 e. The summed E-state index contributed by atoms with van der Waals surface area (Å²) in [4.78, 5) is 34.0. The number of carboxylic acid groups (broad SMARTS) is 2. The standard InChI is InChI=1S/C13H16N2O2.C7H12O4/c1-9(16)14-6-5-10-8-15-13-4-3-11(17-2)7-12(10)13;8-6(9)4-2-1-3-5-7(10)11/h3-4,7-8,15H,5-6H2,1-2H3,(H,14,16);1-5H2,(H,8,9)(H,10,11). The fraction of sp³-hybridized carbons (Fsp3) is 0.450. The zero-order valence-electron chi connectivity index (χ0n) is 16.3. The normalized spacial score (nSPS) is 10.1. The lowest BCUT2D eigenvalue weighted by Crippen LogP contribution is -2.22. The average Bonchev–Trinajstić information content (AvgIpc) is 3.03. The van der Waals surface area contributed by atoms with Crippen molar-refractivity contribution in [3.8, 4) is 5.75 Å². The van der Waals surface area contributed by atoms with Crippen LogP contribution in [0.4, 0.5) is 0 Å². The SMILES string of the molecule is COc1ccc2[nH]cc(CCNC(C)=O)c2c1.O=C(O)CCCCCC(=O)O. The van der Waals surface area contributed by atoms with Crippen LogP contribution in [0.3, 0.4) is 0 Å². The number of carbonyl (C=O) groups excluding carboxylic acids is 1. The zero-order chi connectivity index (χ0) is 20.9. The number of carbonyl (C=O) groups is 3. The van der Waals surface area contributed by atoms with Crippen molar-refractivity contribution in [2.24, 2.45) is 0 Å². The Morgan fingerprint density at radius 3 is 2.25 bits per heavy atom. The smallest absolute Gasteiger partial charge is 0.303 e. The molecule has 0 spiro atoms. The molecule has 0 fully saturated rings. The Morgan fingerprint density at radius 1 is 1.07 bits per heavy atom. The number of unbranched alkanes of at least 4 members (excludes halogenated alkanes) is 2. The number of hydrogen-bond donors (Lipinski definition) is 4. The van der Waals surface area contributed by atoms with Crippen molar-refractivity contribution in [2.75, 3.05) is 13.7 Å². The molecule has 1 aromatic heterocycles. The maximum Gasteiger partial charge on any atom is 0.303 e. The number of H-pyrrole nitrogens is 1. The second kappa shape index (κ2) is 12.4. The summed E-state index contributed by atoms with van der Waals surface area (Å²) in [5.74, 6) is -0.791. The Bertz CT molecular complexity index is 768. The van der Waals surface area contributed by atoms with Gasteiger partial charge in [0.2, 0.25) is 5.91 Å². The molecule has 0 aliphatic rings. The number of aliphatic carboxylic acids is 2. The minimum Gasteiger partial charge on any atom is -0.497 e. The number of benzene rings is 1. The van der Waals surface area contributed by atoms with Crippen LogP contribution in [0.2, 0.25) is 0 Å². The summed E-state index contributed by atoms with van der Waals surface area (Å²) in [6.45, 7) is 2.18. The molecule has 4 N–H and O–H groups in total. The molecule has 0 aliphatic heterocycles.